The van der Waals surface area contributed by atoms with E-state index in [2.05, 4.69) is 11.8 Å². The van der Waals surface area contributed by atoms with Crippen LogP contribution in [0.25, 0.3) is 0 Å². The number of nitrogens with zero attached hydrogens (tertiary/aromatic N) is 1. The monoisotopic (exact) mass is 289 g/mol. The van der Waals surface area contributed by atoms with Crippen molar-refractivity contribution in [3.8, 4) is 11.8 Å². The van der Waals surface area contributed by atoms with Gasteiger partial charge >= 0.3 is 0 Å². The number of aliphatic hydroxyl groups is 1. The average molecular weight is 289 g/mol. The van der Waals surface area contributed by atoms with Crippen molar-refractivity contribution in [3.63, 3.8) is 0 Å². The minimum atomic E-state index is -0.198. The molecule has 0 aliphatic carbocycles. The topological polar surface area (TPSA) is 40.5 Å². The van der Waals surface area contributed by atoms with E-state index in [0.717, 1.165) is 23.5 Å². The summed E-state index contributed by atoms with van der Waals surface area (Å²) in [6.07, 6.45) is 1.05. The summed E-state index contributed by atoms with van der Waals surface area (Å²) in [7, 11) is 1.86. The fourth-order valence-corrected chi connectivity index (χ4v) is 3.53. The molecule has 0 radical (unpaired) electrons. The maximum absolute atomic E-state index is 12.6. The van der Waals surface area contributed by atoms with Crippen LogP contribution in [0.1, 0.15) is 27.9 Å². The van der Waals surface area contributed by atoms with Crippen LogP contribution in [0.4, 0.5) is 0 Å². The van der Waals surface area contributed by atoms with E-state index in [-0.39, 0.29) is 12.5 Å². The van der Waals surface area contributed by atoms with E-state index in [1.54, 1.807) is 0 Å². The molecule has 1 saturated heterocycles. The summed E-state index contributed by atoms with van der Waals surface area (Å²) in [4.78, 5) is 14.4. The van der Waals surface area contributed by atoms with Gasteiger partial charge in [-0.25, -0.2) is 0 Å². The summed E-state index contributed by atoms with van der Waals surface area (Å²) in [5, 5.41) is 8.84. The number of carbonyl (C=O) groups is 1. The molecule has 1 aliphatic heterocycles. The van der Waals surface area contributed by atoms with Crippen molar-refractivity contribution in [3.05, 3.63) is 34.9 Å². The Kier molecular flexibility index (Phi) is 5.11. The Morgan fingerprint density at radius 1 is 1.55 bits per heavy atom. The van der Waals surface area contributed by atoms with E-state index in [4.69, 9.17) is 5.11 Å². The van der Waals surface area contributed by atoms with Gasteiger partial charge in [0, 0.05) is 24.4 Å². The molecule has 0 saturated carbocycles. The summed E-state index contributed by atoms with van der Waals surface area (Å²) in [6, 6.07) is 5.96. The summed E-state index contributed by atoms with van der Waals surface area (Å²) >= 11 is 1.89. The van der Waals surface area contributed by atoms with Gasteiger partial charge in [0.1, 0.15) is 6.61 Å². The number of benzene rings is 1. The molecule has 2 rings (SSSR count). The highest BCUT2D eigenvalue weighted by molar-refractivity contribution is 7.99. The summed E-state index contributed by atoms with van der Waals surface area (Å²) in [5.74, 6) is 7.64. The van der Waals surface area contributed by atoms with E-state index in [9.17, 15) is 4.79 Å². The van der Waals surface area contributed by atoms with E-state index in [0.29, 0.717) is 17.2 Å². The zero-order chi connectivity index (χ0) is 14.5. The normalized spacial score (nSPS) is 17.4. The predicted molar refractivity (Wildman–Crippen MR) is 83.0 cm³/mol. The van der Waals surface area contributed by atoms with Crippen molar-refractivity contribution in [2.24, 2.45) is 0 Å². The molecule has 1 aromatic rings. The largest absolute Gasteiger partial charge is 0.384 e. The molecule has 1 fully saturated rings. The van der Waals surface area contributed by atoms with E-state index in [1.807, 2.05) is 48.8 Å². The molecule has 4 heteroatoms. The summed E-state index contributed by atoms with van der Waals surface area (Å²) in [5.41, 5.74) is 2.38. The fourth-order valence-electron chi connectivity index (χ4n) is 2.27. The first-order valence-electron chi connectivity index (χ1n) is 6.68. The molecular formula is C16H19NO2S. The van der Waals surface area contributed by atoms with Gasteiger partial charge < -0.3 is 10.0 Å². The highest BCUT2D eigenvalue weighted by Crippen LogP contribution is 2.23. The number of hydrogen-bond donors (Lipinski definition) is 1. The van der Waals surface area contributed by atoms with Crippen LogP contribution in [0, 0.1) is 18.8 Å². The van der Waals surface area contributed by atoms with Crippen LogP contribution in [0.15, 0.2) is 18.2 Å². The van der Waals surface area contributed by atoms with Gasteiger partial charge in [-0.3, -0.25) is 4.79 Å². The number of carbonyl (C=O) groups excluding carboxylic acids is 1. The molecule has 1 unspecified atom stereocenters. The Labute approximate surface area is 124 Å². The predicted octanol–water partition coefficient (Wildman–Crippen LogP) is 1.92. The molecule has 1 N–H and O–H groups in total. The highest BCUT2D eigenvalue weighted by Gasteiger charge is 2.25. The zero-order valence-electron chi connectivity index (χ0n) is 11.8. The SMILES string of the molecule is Cc1ccc(C(=O)N(C)C2CCSC2)c(C#CCO)c1. The first-order valence-corrected chi connectivity index (χ1v) is 7.84. The van der Waals surface area contributed by atoms with Gasteiger partial charge in [0.2, 0.25) is 0 Å². The molecule has 1 atom stereocenters. The molecule has 20 heavy (non-hydrogen) atoms. The molecular weight excluding hydrogens is 270 g/mol. The van der Waals surface area contributed by atoms with Gasteiger partial charge in [-0.15, -0.1) is 0 Å². The second kappa shape index (κ2) is 6.83. The van der Waals surface area contributed by atoms with Crippen LogP contribution in [0.2, 0.25) is 0 Å². The minimum absolute atomic E-state index is 0.0136. The summed E-state index contributed by atoms with van der Waals surface area (Å²) in [6.45, 7) is 1.77. The van der Waals surface area contributed by atoms with Gasteiger partial charge in [0.05, 0.1) is 5.56 Å². The molecule has 1 aromatic carbocycles. The van der Waals surface area contributed by atoms with Gasteiger partial charge in [-0.1, -0.05) is 17.9 Å². The Morgan fingerprint density at radius 3 is 3.00 bits per heavy atom. The molecule has 1 amide bonds. The van der Waals surface area contributed by atoms with Crippen LogP contribution < -0.4 is 0 Å². The third kappa shape index (κ3) is 3.36. The highest BCUT2D eigenvalue weighted by atomic mass is 32.2. The zero-order valence-corrected chi connectivity index (χ0v) is 12.7. The Bertz CT molecular complexity index is 553. The standard InChI is InChI=1S/C16H19NO2S/c1-12-5-6-15(13(10-12)4-3-8-18)16(19)17(2)14-7-9-20-11-14/h5-6,10,14,18H,7-9,11H2,1-2H3. The average Bonchev–Trinajstić information content (AvgIpc) is 2.97. The number of rotatable bonds is 2. The Balaban J connectivity index is 2.28. The lowest BCUT2D eigenvalue weighted by Gasteiger charge is -2.24. The molecule has 0 bridgehead atoms. The quantitative estimate of drug-likeness (QED) is 0.846. The third-order valence-corrected chi connectivity index (χ3v) is 4.63. The third-order valence-electron chi connectivity index (χ3n) is 3.48. The van der Waals surface area contributed by atoms with Gasteiger partial charge in [0.15, 0.2) is 0 Å². The van der Waals surface area contributed by atoms with Crippen molar-refractivity contribution >= 4 is 17.7 Å². The number of aliphatic hydroxyl groups excluding tert-OH is 1. The van der Waals surface area contributed by atoms with Crippen molar-refractivity contribution < 1.29 is 9.90 Å². The number of amides is 1. The van der Waals surface area contributed by atoms with Gasteiger partial charge in [-0.05, 0) is 36.8 Å². The van der Waals surface area contributed by atoms with E-state index >= 15 is 0 Å². The minimum Gasteiger partial charge on any atom is -0.384 e. The fraction of sp³-hybridized carbons (Fsp3) is 0.438. The second-order valence-electron chi connectivity index (χ2n) is 4.94. The Hall–Kier alpha value is -1.44. The lowest BCUT2D eigenvalue weighted by Crippen LogP contribution is -2.37. The smallest absolute Gasteiger partial charge is 0.255 e. The maximum atomic E-state index is 12.6. The molecule has 1 aliphatic rings. The van der Waals surface area contributed by atoms with Crippen molar-refractivity contribution in [2.75, 3.05) is 25.2 Å². The summed E-state index contributed by atoms with van der Waals surface area (Å²) < 4.78 is 0. The number of hydrogen-bond acceptors (Lipinski definition) is 3. The van der Waals surface area contributed by atoms with Crippen molar-refractivity contribution in [1.29, 1.82) is 0 Å². The molecule has 106 valence electrons. The number of thioether (sulfide) groups is 1. The van der Waals surface area contributed by atoms with Gasteiger partial charge in [-0.2, -0.15) is 11.8 Å². The van der Waals surface area contributed by atoms with Crippen LogP contribution in [-0.2, 0) is 0 Å². The first kappa shape index (κ1) is 15.0. The van der Waals surface area contributed by atoms with E-state index in [1.165, 1.54) is 0 Å². The molecule has 0 aromatic heterocycles. The van der Waals surface area contributed by atoms with Crippen molar-refractivity contribution in [2.45, 2.75) is 19.4 Å². The van der Waals surface area contributed by atoms with Gasteiger partial charge in [0.25, 0.3) is 5.91 Å². The van der Waals surface area contributed by atoms with E-state index < -0.39 is 0 Å². The van der Waals surface area contributed by atoms with Crippen LogP contribution in [0.3, 0.4) is 0 Å². The molecule has 3 nitrogen and oxygen atoms in total. The van der Waals surface area contributed by atoms with Crippen LogP contribution >= 0.6 is 11.8 Å². The Morgan fingerprint density at radius 2 is 2.35 bits per heavy atom. The van der Waals surface area contributed by atoms with Crippen LogP contribution in [0.5, 0.6) is 0 Å². The molecule has 0 spiro atoms. The first-order chi connectivity index (χ1) is 9.63. The lowest BCUT2D eigenvalue weighted by molar-refractivity contribution is 0.0747. The lowest BCUT2D eigenvalue weighted by atomic mass is 10.0. The molecule has 1 heterocycles. The maximum Gasteiger partial charge on any atom is 0.255 e. The van der Waals surface area contributed by atoms with Crippen molar-refractivity contribution in [1.82, 2.24) is 4.90 Å². The number of aryl methyl sites for hydroxylation is 1. The second-order valence-corrected chi connectivity index (χ2v) is 6.09. The van der Waals surface area contributed by atoms with Crippen LogP contribution in [-0.4, -0.2) is 47.1 Å².